The van der Waals surface area contributed by atoms with Crippen molar-refractivity contribution < 1.29 is 4.74 Å². The maximum absolute atomic E-state index is 5.73. The van der Waals surface area contributed by atoms with Gasteiger partial charge < -0.3 is 9.64 Å². The number of rotatable bonds is 5. The van der Waals surface area contributed by atoms with Gasteiger partial charge in [0.1, 0.15) is 6.61 Å². The van der Waals surface area contributed by atoms with E-state index in [9.17, 15) is 0 Å². The van der Waals surface area contributed by atoms with Crippen molar-refractivity contribution in [2.45, 2.75) is 19.9 Å². The summed E-state index contributed by atoms with van der Waals surface area (Å²) in [4.78, 5) is 4.82. The summed E-state index contributed by atoms with van der Waals surface area (Å²) >= 11 is 0. The lowest BCUT2D eigenvalue weighted by Crippen LogP contribution is -2.45. The molecule has 102 valence electrons. The summed E-state index contributed by atoms with van der Waals surface area (Å²) in [7, 11) is 2.17. The molecule has 0 amide bonds. The molecule has 0 atom stereocenters. The van der Waals surface area contributed by atoms with Crippen molar-refractivity contribution in [3.8, 4) is 5.75 Å². The van der Waals surface area contributed by atoms with Gasteiger partial charge in [-0.2, -0.15) is 5.10 Å². The van der Waals surface area contributed by atoms with Crippen LogP contribution in [-0.2, 0) is 0 Å². The summed E-state index contributed by atoms with van der Waals surface area (Å²) < 4.78 is 7.65. The first-order valence-corrected chi connectivity index (χ1v) is 6.73. The molecule has 5 heteroatoms. The zero-order valence-corrected chi connectivity index (χ0v) is 11.7. The molecular weight excluding hydrogens is 228 g/mol. The molecule has 0 N–H and O–H groups in total. The Labute approximate surface area is 109 Å². The summed E-state index contributed by atoms with van der Waals surface area (Å²) in [6, 6.07) is 0.389. The predicted molar refractivity (Wildman–Crippen MR) is 72.0 cm³/mol. The lowest BCUT2D eigenvalue weighted by molar-refractivity contribution is 0.133. The molecule has 2 heterocycles. The first kappa shape index (κ1) is 13.4. The van der Waals surface area contributed by atoms with Gasteiger partial charge in [0.05, 0.1) is 12.4 Å². The van der Waals surface area contributed by atoms with Gasteiger partial charge in [-0.05, 0) is 20.9 Å². The van der Waals surface area contributed by atoms with Gasteiger partial charge in [0.2, 0.25) is 0 Å². The minimum Gasteiger partial charge on any atom is -0.489 e. The first-order chi connectivity index (χ1) is 8.65. The monoisotopic (exact) mass is 252 g/mol. The highest BCUT2D eigenvalue weighted by Gasteiger charge is 2.13. The van der Waals surface area contributed by atoms with Crippen LogP contribution in [0.4, 0.5) is 0 Å². The minimum atomic E-state index is 0.389. The van der Waals surface area contributed by atoms with Crippen LogP contribution in [0.3, 0.4) is 0 Å². The Hall–Kier alpha value is -1.07. The van der Waals surface area contributed by atoms with Crippen LogP contribution in [0.15, 0.2) is 12.4 Å². The number of nitrogens with zero attached hydrogens (tertiary/aromatic N) is 4. The topological polar surface area (TPSA) is 33.5 Å². The van der Waals surface area contributed by atoms with Crippen molar-refractivity contribution in [1.82, 2.24) is 19.6 Å². The molecule has 0 radical (unpaired) electrons. The van der Waals surface area contributed by atoms with Crippen LogP contribution in [0.2, 0.25) is 0 Å². The predicted octanol–water partition coefficient (Wildman–Crippen LogP) is 1.09. The molecule has 0 aromatic carbocycles. The van der Waals surface area contributed by atoms with Crippen molar-refractivity contribution in [1.29, 1.82) is 0 Å². The molecule has 0 aliphatic carbocycles. The molecule has 1 aliphatic rings. The van der Waals surface area contributed by atoms with Gasteiger partial charge in [-0.1, -0.05) is 0 Å². The van der Waals surface area contributed by atoms with Gasteiger partial charge in [0, 0.05) is 38.8 Å². The van der Waals surface area contributed by atoms with Gasteiger partial charge in [-0.25, -0.2) is 0 Å². The maximum atomic E-state index is 5.73. The van der Waals surface area contributed by atoms with Gasteiger partial charge in [-0.15, -0.1) is 0 Å². The van der Waals surface area contributed by atoms with Crippen LogP contribution in [0.5, 0.6) is 5.75 Å². The van der Waals surface area contributed by atoms with Crippen LogP contribution < -0.4 is 4.74 Å². The standard InChI is InChI=1S/C13H24N4O/c1-12(2)17-11-13(10-14-17)18-9-8-16-6-4-15(3)5-7-16/h10-12H,4-9H2,1-3H3. The third kappa shape index (κ3) is 3.71. The normalized spacial score (nSPS) is 18.4. The Balaban J connectivity index is 1.68. The third-order valence-electron chi connectivity index (χ3n) is 3.38. The lowest BCUT2D eigenvalue weighted by Gasteiger charge is -2.32. The van der Waals surface area contributed by atoms with Gasteiger partial charge >= 0.3 is 0 Å². The Morgan fingerprint density at radius 2 is 2.00 bits per heavy atom. The Morgan fingerprint density at radius 1 is 1.28 bits per heavy atom. The molecule has 1 aromatic heterocycles. The summed E-state index contributed by atoms with van der Waals surface area (Å²) in [5.74, 6) is 0.873. The zero-order valence-electron chi connectivity index (χ0n) is 11.7. The average molecular weight is 252 g/mol. The average Bonchev–Trinajstić information content (AvgIpc) is 2.81. The van der Waals surface area contributed by atoms with Crippen molar-refractivity contribution in [3.05, 3.63) is 12.4 Å². The zero-order chi connectivity index (χ0) is 13.0. The molecular formula is C13H24N4O. The van der Waals surface area contributed by atoms with E-state index in [0.29, 0.717) is 6.04 Å². The summed E-state index contributed by atoms with van der Waals surface area (Å²) in [5.41, 5.74) is 0. The van der Waals surface area contributed by atoms with Crippen LogP contribution in [0.25, 0.3) is 0 Å². The number of likely N-dealkylation sites (N-methyl/N-ethyl adjacent to an activating group) is 1. The first-order valence-electron chi connectivity index (χ1n) is 6.73. The quantitative estimate of drug-likeness (QED) is 0.785. The van der Waals surface area contributed by atoms with E-state index in [1.54, 1.807) is 6.20 Å². The van der Waals surface area contributed by atoms with E-state index in [2.05, 4.69) is 35.8 Å². The van der Waals surface area contributed by atoms with E-state index < -0.39 is 0 Å². The van der Waals surface area contributed by atoms with Crippen molar-refractivity contribution in [3.63, 3.8) is 0 Å². The molecule has 1 saturated heterocycles. The van der Waals surface area contributed by atoms with Gasteiger partial charge in [0.25, 0.3) is 0 Å². The molecule has 0 saturated carbocycles. The van der Waals surface area contributed by atoms with E-state index >= 15 is 0 Å². The maximum Gasteiger partial charge on any atom is 0.157 e. The van der Waals surface area contributed by atoms with Crippen LogP contribution in [0, 0.1) is 0 Å². The fraction of sp³-hybridized carbons (Fsp3) is 0.769. The van der Waals surface area contributed by atoms with E-state index in [-0.39, 0.29) is 0 Å². The number of aromatic nitrogens is 2. The van der Waals surface area contributed by atoms with Crippen molar-refractivity contribution in [2.24, 2.45) is 0 Å². The molecule has 1 aromatic rings. The number of hydrogen-bond acceptors (Lipinski definition) is 4. The highest BCUT2D eigenvalue weighted by Crippen LogP contribution is 2.12. The Morgan fingerprint density at radius 3 is 2.61 bits per heavy atom. The smallest absolute Gasteiger partial charge is 0.157 e. The lowest BCUT2D eigenvalue weighted by atomic mass is 10.3. The molecule has 1 aliphatic heterocycles. The summed E-state index contributed by atoms with van der Waals surface area (Å²) in [6.45, 7) is 10.6. The highest BCUT2D eigenvalue weighted by molar-refractivity contribution is 5.11. The number of ether oxygens (including phenoxy) is 1. The largest absolute Gasteiger partial charge is 0.489 e. The molecule has 1 fully saturated rings. The number of hydrogen-bond donors (Lipinski definition) is 0. The number of piperazine rings is 1. The van der Waals surface area contributed by atoms with Crippen LogP contribution in [0.1, 0.15) is 19.9 Å². The van der Waals surface area contributed by atoms with Crippen molar-refractivity contribution in [2.75, 3.05) is 46.4 Å². The van der Waals surface area contributed by atoms with Gasteiger partial charge in [-0.3, -0.25) is 9.58 Å². The fourth-order valence-electron chi connectivity index (χ4n) is 2.04. The van der Waals surface area contributed by atoms with E-state index in [4.69, 9.17) is 4.74 Å². The molecule has 5 nitrogen and oxygen atoms in total. The van der Waals surface area contributed by atoms with E-state index in [0.717, 1.165) is 45.1 Å². The molecule has 0 bridgehead atoms. The minimum absolute atomic E-state index is 0.389. The third-order valence-corrected chi connectivity index (χ3v) is 3.38. The molecule has 2 rings (SSSR count). The second-order valence-corrected chi connectivity index (χ2v) is 5.24. The second kappa shape index (κ2) is 6.20. The second-order valence-electron chi connectivity index (χ2n) is 5.24. The molecule has 0 spiro atoms. The van der Waals surface area contributed by atoms with Crippen LogP contribution >= 0.6 is 0 Å². The van der Waals surface area contributed by atoms with Gasteiger partial charge in [0.15, 0.2) is 5.75 Å². The molecule has 18 heavy (non-hydrogen) atoms. The SMILES string of the molecule is CC(C)n1cc(OCCN2CCN(C)CC2)cn1. The van der Waals surface area contributed by atoms with E-state index in [1.807, 2.05) is 10.9 Å². The highest BCUT2D eigenvalue weighted by atomic mass is 16.5. The summed E-state index contributed by atoms with van der Waals surface area (Å²) in [6.07, 6.45) is 3.76. The Kier molecular flexibility index (Phi) is 4.60. The van der Waals surface area contributed by atoms with Crippen molar-refractivity contribution >= 4 is 0 Å². The Bertz CT molecular complexity index is 356. The molecule has 0 unspecified atom stereocenters. The van der Waals surface area contributed by atoms with E-state index in [1.165, 1.54) is 0 Å². The van der Waals surface area contributed by atoms with Crippen LogP contribution in [-0.4, -0.2) is 66.0 Å². The summed E-state index contributed by atoms with van der Waals surface area (Å²) in [5, 5.41) is 4.26. The fourth-order valence-corrected chi connectivity index (χ4v) is 2.04.